The number of anilines is 1. The highest BCUT2D eigenvalue weighted by molar-refractivity contribution is 5.45. The monoisotopic (exact) mass is 216 g/mol. The molecule has 2 nitrogen and oxygen atoms in total. The van der Waals surface area contributed by atoms with Crippen LogP contribution < -0.4 is 10.6 Å². The molecule has 2 bridgehead atoms. The van der Waals surface area contributed by atoms with Crippen molar-refractivity contribution in [2.75, 3.05) is 18.4 Å². The van der Waals surface area contributed by atoms with Gasteiger partial charge in [-0.05, 0) is 50.8 Å². The van der Waals surface area contributed by atoms with Crippen LogP contribution in [0.1, 0.15) is 24.8 Å². The molecule has 16 heavy (non-hydrogen) atoms. The van der Waals surface area contributed by atoms with Crippen LogP contribution in [0.25, 0.3) is 0 Å². The van der Waals surface area contributed by atoms with E-state index in [1.807, 2.05) is 0 Å². The van der Waals surface area contributed by atoms with Crippen LogP contribution in [0.5, 0.6) is 0 Å². The van der Waals surface area contributed by atoms with Crippen molar-refractivity contribution < 1.29 is 0 Å². The van der Waals surface area contributed by atoms with E-state index in [0.29, 0.717) is 5.54 Å². The third kappa shape index (κ3) is 1.82. The maximum Gasteiger partial charge on any atom is 0.0360 e. The summed E-state index contributed by atoms with van der Waals surface area (Å²) in [5.41, 5.74) is 2.98. The second-order valence-electron chi connectivity index (χ2n) is 5.49. The molecule has 3 fully saturated rings. The van der Waals surface area contributed by atoms with Crippen LogP contribution in [0.4, 0.5) is 5.69 Å². The van der Waals surface area contributed by atoms with Crippen molar-refractivity contribution in [1.29, 1.82) is 0 Å². The summed E-state index contributed by atoms with van der Waals surface area (Å²) in [6, 6.07) is 8.67. The van der Waals surface area contributed by atoms with Crippen molar-refractivity contribution in [3.8, 4) is 0 Å². The van der Waals surface area contributed by atoms with Crippen molar-refractivity contribution in [1.82, 2.24) is 5.32 Å². The number of hydrogen-bond acceptors (Lipinski definition) is 2. The minimum absolute atomic E-state index is 0.411. The van der Waals surface area contributed by atoms with E-state index in [4.69, 9.17) is 0 Å². The highest BCUT2D eigenvalue weighted by atomic mass is 15.1. The smallest absolute Gasteiger partial charge is 0.0360 e. The molecule has 0 amide bonds. The largest absolute Gasteiger partial charge is 0.383 e. The Labute approximate surface area is 97.4 Å². The lowest BCUT2D eigenvalue weighted by Crippen LogP contribution is -2.63. The lowest BCUT2D eigenvalue weighted by molar-refractivity contribution is 0.0639. The normalized spacial score (nSPS) is 31.9. The van der Waals surface area contributed by atoms with E-state index < -0.39 is 0 Å². The second-order valence-corrected chi connectivity index (χ2v) is 5.49. The van der Waals surface area contributed by atoms with Gasteiger partial charge in [-0.15, -0.1) is 0 Å². The average molecular weight is 216 g/mol. The van der Waals surface area contributed by atoms with Gasteiger partial charge in [-0.3, -0.25) is 0 Å². The molecule has 0 radical (unpaired) electrons. The molecule has 1 aliphatic carbocycles. The first-order chi connectivity index (χ1) is 7.76. The van der Waals surface area contributed by atoms with Gasteiger partial charge >= 0.3 is 0 Å². The Morgan fingerprint density at radius 3 is 2.69 bits per heavy atom. The number of fused-ring (bicyclic) bond motifs is 2. The Balaban J connectivity index is 1.58. The molecule has 1 aromatic carbocycles. The summed E-state index contributed by atoms with van der Waals surface area (Å²) in [5, 5.41) is 7.24. The summed E-state index contributed by atoms with van der Waals surface area (Å²) in [4.78, 5) is 0. The van der Waals surface area contributed by atoms with Crippen molar-refractivity contribution >= 4 is 5.69 Å². The van der Waals surface area contributed by atoms with E-state index in [9.17, 15) is 0 Å². The standard InChI is InChI=1S/C14H20N2/c1-11-2-4-13(5-3-11)15-10-14-8-12(9-14)6-7-16-14/h2-5,12,15-16H,6-10H2,1H3. The molecule has 86 valence electrons. The summed E-state index contributed by atoms with van der Waals surface area (Å²) < 4.78 is 0. The summed E-state index contributed by atoms with van der Waals surface area (Å²) >= 11 is 0. The molecule has 3 aliphatic rings. The molecule has 4 rings (SSSR count). The van der Waals surface area contributed by atoms with E-state index in [-0.39, 0.29) is 0 Å². The van der Waals surface area contributed by atoms with Crippen LogP contribution in [-0.4, -0.2) is 18.6 Å². The maximum absolute atomic E-state index is 3.68. The van der Waals surface area contributed by atoms with Crippen LogP contribution >= 0.6 is 0 Å². The summed E-state index contributed by atoms with van der Waals surface area (Å²) in [6.45, 7) is 4.41. The molecule has 1 saturated carbocycles. The predicted molar refractivity (Wildman–Crippen MR) is 67.7 cm³/mol. The molecular formula is C14H20N2. The third-order valence-corrected chi connectivity index (χ3v) is 4.09. The zero-order valence-corrected chi connectivity index (χ0v) is 9.92. The number of piperidine rings is 2. The summed E-state index contributed by atoms with van der Waals surface area (Å²) in [7, 11) is 0. The van der Waals surface area contributed by atoms with Gasteiger partial charge < -0.3 is 10.6 Å². The van der Waals surface area contributed by atoms with E-state index in [1.165, 1.54) is 37.1 Å². The Hall–Kier alpha value is -1.02. The van der Waals surface area contributed by atoms with E-state index >= 15 is 0 Å². The van der Waals surface area contributed by atoms with Crippen molar-refractivity contribution in [3.63, 3.8) is 0 Å². The van der Waals surface area contributed by atoms with Crippen molar-refractivity contribution in [2.45, 2.75) is 31.7 Å². The van der Waals surface area contributed by atoms with Gasteiger partial charge in [0.1, 0.15) is 0 Å². The van der Waals surface area contributed by atoms with Crippen molar-refractivity contribution in [2.24, 2.45) is 5.92 Å². The maximum atomic E-state index is 3.68. The minimum Gasteiger partial charge on any atom is -0.383 e. The fraction of sp³-hybridized carbons (Fsp3) is 0.571. The first-order valence-corrected chi connectivity index (χ1v) is 6.31. The minimum atomic E-state index is 0.411. The Morgan fingerprint density at radius 2 is 2.06 bits per heavy atom. The van der Waals surface area contributed by atoms with Gasteiger partial charge in [0, 0.05) is 17.8 Å². The fourth-order valence-electron chi connectivity index (χ4n) is 3.08. The molecule has 2 N–H and O–H groups in total. The summed E-state index contributed by atoms with van der Waals surface area (Å²) in [6.07, 6.45) is 4.12. The average Bonchev–Trinajstić information content (AvgIpc) is 2.28. The number of benzene rings is 1. The van der Waals surface area contributed by atoms with Crippen LogP contribution in [0, 0.1) is 12.8 Å². The quantitative estimate of drug-likeness (QED) is 0.811. The number of aryl methyl sites for hydroxylation is 1. The van der Waals surface area contributed by atoms with Crippen LogP contribution in [0.2, 0.25) is 0 Å². The highest BCUT2D eigenvalue weighted by Crippen LogP contribution is 2.43. The van der Waals surface area contributed by atoms with Crippen molar-refractivity contribution in [3.05, 3.63) is 29.8 Å². The van der Waals surface area contributed by atoms with E-state index in [1.54, 1.807) is 0 Å². The van der Waals surface area contributed by atoms with E-state index in [2.05, 4.69) is 41.8 Å². The number of nitrogens with one attached hydrogen (secondary N) is 2. The van der Waals surface area contributed by atoms with E-state index in [0.717, 1.165) is 12.5 Å². The van der Waals surface area contributed by atoms with Gasteiger partial charge in [0.2, 0.25) is 0 Å². The molecule has 2 aliphatic heterocycles. The molecule has 1 aromatic rings. The second kappa shape index (κ2) is 3.77. The van der Waals surface area contributed by atoms with Gasteiger partial charge in [0.25, 0.3) is 0 Å². The first-order valence-electron chi connectivity index (χ1n) is 6.31. The molecule has 0 aromatic heterocycles. The van der Waals surface area contributed by atoms with Gasteiger partial charge in [-0.1, -0.05) is 17.7 Å². The molecule has 0 spiro atoms. The van der Waals surface area contributed by atoms with Gasteiger partial charge in [-0.2, -0.15) is 0 Å². The molecule has 2 saturated heterocycles. The molecular weight excluding hydrogens is 196 g/mol. The highest BCUT2D eigenvalue weighted by Gasteiger charge is 2.46. The Morgan fingerprint density at radius 1 is 1.31 bits per heavy atom. The lowest BCUT2D eigenvalue weighted by Gasteiger charge is -2.53. The molecule has 2 heteroatoms. The van der Waals surface area contributed by atoms with Crippen LogP contribution in [-0.2, 0) is 0 Å². The Bertz CT molecular complexity index is 357. The number of hydrogen-bond donors (Lipinski definition) is 2. The Kier molecular flexibility index (Phi) is 2.40. The molecule has 2 heterocycles. The first kappa shape index (κ1) is 10.2. The van der Waals surface area contributed by atoms with Crippen LogP contribution in [0.3, 0.4) is 0 Å². The zero-order valence-electron chi connectivity index (χ0n) is 9.92. The fourth-order valence-corrected chi connectivity index (χ4v) is 3.08. The molecule has 0 atom stereocenters. The SMILES string of the molecule is Cc1ccc(NCC23CC(CCN2)C3)cc1. The van der Waals surface area contributed by atoms with Gasteiger partial charge in [0.05, 0.1) is 0 Å². The number of rotatable bonds is 3. The van der Waals surface area contributed by atoms with Gasteiger partial charge in [-0.25, -0.2) is 0 Å². The zero-order chi connectivity index (χ0) is 11.0. The summed E-state index contributed by atoms with van der Waals surface area (Å²) in [5.74, 6) is 1.00. The van der Waals surface area contributed by atoms with Crippen LogP contribution in [0.15, 0.2) is 24.3 Å². The third-order valence-electron chi connectivity index (χ3n) is 4.09. The van der Waals surface area contributed by atoms with Gasteiger partial charge in [0.15, 0.2) is 0 Å². The molecule has 0 unspecified atom stereocenters. The topological polar surface area (TPSA) is 24.1 Å². The lowest BCUT2D eigenvalue weighted by atomic mass is 9.64. The predicted octanol–water partition coefficient (Wildman–Crippen LogP) is 2.55.